The van der Waals surface area contributed by atoms with Gasteiger partial charge in [-0.3, -0.25) is 4.90 Å². The van der Waals surface area contributed by atoms with Gasteiger partial charge in [-0.25, -0.2) is 19.4 Å². The fourth-order valence-electron chi connectivity index (χ4n) is 3.60. The van der Waals surface area contributed by atoms with Gasteiger partial charge in [-0.1, -0.05) is 43.6 Å². The Kier molecular flexibility index (Phi) is 5.83. The van der Waals surface area contributed by atoms with Crippen LogP contribution in [0, 0.1) is 0 Å². The van der Waals surface area contributed by atoms with Gasteiger partial charge in [0.05, 0.1) is 12.8 Å². The highest BCUT2D eigenvalue weighted by Crippen LogP contribution is 2.28. The number of carbonyl (C=O) groups excluding carboxylic acids is 1. The van der Waals surface area contributed by atoms with Gasteiger partial charge < -0.3 is 4.74 Å². The SMILES string of the molecule is COC(=O)c1nn(-c2ccccc2)c(Cl)c1CN1CCc2nc(C(C)C)ncc2C1. The summed E-state index contributed by atoms with van der Waals surface area (Å²) in [5.41, 5.74) is 3.90. The number of halogens is 1. The smallest absolute Gasteiger partial charge is 0.358 e. The number of hydrogen-bond donors (Lipinski definition) is 0. The van der Waals surface area contributed by atoms with Crippen molar-refractivity contribution < 1.29 is 9.53 Å². The third kappa shape index (κ3) is 3.95. The van der Waals surface area contributed by atoms with Crippen molar-refractivity contribution in [2.75, 3.05) is 13.7 Å². The van der Waals surface area contributed by atoms with Gasteiger partial charge >= 0.3 is 5.97 Å². The van der Waals surface area contributed by atoms with Crippen molar-refractivity contribution >= 4 is 17.6 Å². The second kappa shape index (κ2) is 8.53. The molecule has 3 heterocycles. The number of methoxy groups -OCH3 is 1. The van der Waals surface area contributed by atoms with Gasteiger partial charge in [0.15, 0.2) is 5.69 Å². The fourth-order valence-corrected chi connectivity index (χ4v) is 3.88. The van der Waals surface area contributed by atoms with Gasteiger partial charge in [-0.2, -0.15) is 5.10 Å². The second-order valence-electron chi connectivity index (χ2n) is 7.67. The van der Waals surface area contributed by atoms with E-state index >= 15 is 0 Å². The van der Waals surface area contributed by atoms with Gasteiger partial charge in [-0.15, -0.1) is 0 Å². The van der Waals surface area contributed by atoms with Crippen LogP contribution >= 0.6 is 11.6 Å². The molecule has 1 aliphatic rings. The highest BCUT2D eigenvalue weighted by Gasteiger charge is 2.27. The number of carbonyl (C=O) groups is 1. The minimum Gasteiger partial charge on any atom is -0.464 e. The highest BCUT2D eigenvalue weighted by molar-refractivity contribution is 6.31. The van der Waals surface area contributed by atoms with Crippen molar-refractivity contribution in [2.24, 2.45) is 0 Å². The Labute approximate surface area is 180 Å². The lowest BCUT2D eigenvalue weighted by Gasteiger charge is -2.28. The van der Waals surface area contributed by atoms with E-state index in [9.17, 15) is 4.79 Å². The molecular formula is C22H24ClN5O2. The Morgan fingerprint density at radius 3 is 2.73 bits per heavy atom. The predicted octanol–water partition coefficient (Wildman–Crippen LogP) is 3.78. The molecule has 0 fully saturated rings. The lowest BCUT2D eigenvalue weighted by molar-refractivity contribution is 0.0591. The highest BCUT2D eigenvalue weighted by atomic mass is 35.5. The molecule has 3 aromatic rings. The summed E-state index contributed by atoms with van der Waals surface area (Å²) in [5.74, 6) is 0.685. The van der Waals surface area contributed by atoms with Gasteiger partial charge in [0.25, 0.3) is 0 Å². The molecule has 0 unspecified atom stereocenters. The van der Waals surface area contributed by atoms with Crippen molar-refractivity contribution in [3.8, 4) is 5.69 Å². The van der Waals surface area contributed by atoms with Crippen LogP contribution in [0.2, 0.25) is 5.15 Å². The third-order valence-electron chi connectivity index (χ3n) is 5.23. The molecule has 0 atom stereocenters. The minimum absolute atomic E-state index is 0.239. The maximum Gasteiger partial charge on any atom is 0.358 e. The Bertz CT molecular complexity index is 1060. The van der Waals surface area contributed by atoms with Crippen LogP contribution in [-0.2, 0) is 24.2 Å². The van der Waals surface area contributed by atoms with E-state index in [4.69, 9.17) is 21.3 Å². The van der Waals surface area contributed by atoms with E-state index < -0.39 is 5.97 Å². The number of nitrogens with zero attached hydrogens (tertiary/aromatic N) is 5. The predicted molar refractivity (Wildman–Crippen MR) is 114 cm³/mol. The van der Waals surface area contributed by atoms with Crippen LogP contribution in [0.15, 0.2) is 36.5 Å². The molecule has 30 heavy (non-hydrogen) atoms. The zero-order valence-corrected chi connectivity index (χ0v) is 18.1. The molecule has 0 bridgehead atoms. The van der Waals surface area contributed by atoms with Crippen LogP contribution in [0.1, 0.15) is 52.9 Å². The molecule has 0 saturated carbocycles. The number of hydrogen-bond acceptors (Lipinski definition) is 6. The van der Waals surface area contributed by atoms with Crippen LogP contribution in [-0.4, -0.2) is 44.3 Å². The summed E-state index contributed by atoms with van der Waals surface area (Å²) < 4.78 is 6.53. The first kappa shape index (κ1) is 20.5. The molecule has 1 aromatic carbocycles. The van der Waals surface area contributed by atoms with Crippen LogP contribution in [0.25, 0.3) is 5.69 Å². The molecule has 0 amide bonds. The Morgan fingerprint density at radius 1 is 1.27 bits per heavy atom. The summed E-state index contributed by atoms with van der Waals surface area (Å²) in [5, 5.41) is 4.87. The Hall–Kier alpha value is -2.77. The Balaban J connectivity index is 1.63. The molecule has 0 radical (unpaired) electrons. The first-order chi connectivity index (χ1) is 14.5. The van der Waals surface area contributed by atoms with Crippen molar-refractivity contribution in [1.82, 2.24) is 24.6 Å². The van der Waals surface area contributed by atoms with Crippen molar-refractivity contribution in [2.45, 2.75) is 39.3 Å². The maximum atomic E-state index is 12.4. The summed E-state index contributed by atoms with van der Waals surface area (Å²) in [6.45, 7) is 6.19. The van der Waals surface area contributed by atoms with Crippen molar-refractivity contribution in [3.05, 3.63) is 70.0 Å². The summed E-state index contributed by atoms with van der Waals surface area (Å²) in [6, 6.07) is 9.51. The fraction of sp³-hybridized carbons (Fsp3) is 0.364. The molecular weight excluding hydrogens is 402 g/mol. The van der Waals surface area contributed by atoms with E-state index in [-0.39, 0.29) is 5.69 Å². The number of para-hydroxylation sites is 1. The molecule has 0 aliphatic carbocycles. The summed E-state index contributed by atoms with van der Waals surface area (Å²) >= 11 is 6.68. The van der Waals surface area contributed by atoms with Gasteiger partial charge in [0.1, 0.15) is 11.0 Å². The van der Waals surface area contributed by atoms with Crippen LogP contribution in [0.3, 0.4) is 0 Å². The van der Waals surface area contributed by atoms with E-state index in [1.54, 1.807) is 4.68 Å². The van der Waals surface area contributed by atoms with Gasteiger partial charge in [0.2, 0.25) is 0 Å². The third-order valence-corrected chi connectivity index (χ3v) is 5.62. The average Bonchev–Trinajstić information content (AvgIpc) is 3.09. The quantitative estimate of drug-likeness (QED) is 0.579. The largest absolute Gasteiger partial charge is 0.464 e. The van der Waals surface area contributed by atoms with E-state index in [2.05, 4.69) is 28.8 Å². The Morgan fingerprint density at radius 2 is 2.03 bits per heavy atom. The molecule has 0 spiro atoms. The average molecular weight is 426 g/mol. The lowest BCUT2D eigenvalue weighted by atomic mass is 10.1. The number of fused-ring (bicyclic) bond motifs is 1. The molecule has 2 aromatic heterocycles. The zero-order chi connectivity index (χ0) is 21.3. The van der Waals surface area contributed by atoms with Crippen molar-refractivity contribution in [1.29, 1.82) is 0 Å². The van der Waals surface area contributed by atoms with Crippen LogP contribution < -0.4 is 0 Å². The van der Waals surface area contributed by atoms with Gasteiger partial charge in [0, 0.05) is 55.0 Å². The standard InChI is InChI=1S/C22H24ClN5O2/c1-14(2)21-24-11-15-12-27(10-9-18(15)25-21)13-17-19(22(29)30-3)26-28(20(17)23)16-7-5-4-6-8-16/h4-8,11,14H,9-10,12-13H2,1-3H3. The normalized spacial score (nSPS) is 14.0. The first-order valence-corrected chi connectivity index (χ1v) is 10.3. The van der Waals surface area contributed by atoms with Gasteiger partial charge in [-0.05, 0) is 12.1 Å². The number of rotatable bonds is 5. The number of esters is 1. The summed E-state index contributed by atoms with van der Waals surface area (Å²) in [7, 11) is 1.35. The van der Waals surface area contributed by atoms with Crippen molar-refractivity contribution in [3.63, 3.8) is 0 Å². The molecule has 0 N–H and O–H groups in total. The summed E-state index contributed by atoms with van der Waals surface area (Å²) in [6.07, 6.45) is 2.75. The van der Waals surface area contributed by atoms with E-state index in [0.717, 1.165) is 35.7 Å². The maximum absolute atomic E-state index is 12.4. The second-order valence-corrected chi connectivity index (χ2v) is 8.03. The molecule has 7 nitrogen and oxygen atoms in total. The number of aromatic nitrogens is 4. The van der Waals surface area contributed by atoms with E-state index in [0.29, 0.717) is 29.7 Å². The molecule has 8 heteroatoms. The zero-order valence-electron chi connectivity index (χ0n) is 17.3. The minimum atomic E-state index is -0.496. The monoisotopic (exact) mass is 425 g/mol. The van der Waals surface area contributed by atoms with E-state index in [1.807, 2.05) is 36.5 Å². The first-order valence-electron chi connectivity index (χ1n) is 9.96. The van der Waals surface area contributed by atoms with Crippen LogP contribution in [0.5, 0.6) is 0 Å². The molecule has 1 aliphatic heterocycles. The number of benzene rings is 1. The lowest BCUT2D eigenvalue weighted by Crippen LogP contribution is -2.31. The topological polar surface area (TPSA) is 73.1 Å². The van der Waals surface area contributed by atoms with E-state index in [1.165, 1.54) is 7.11 Å². The number of ether oxygens (including phenoxy) is 1. The molecule has 156 valence electrons. The summed E-state index contributed by atoms with van der Waals surface area (Å²) in [4.78, 5) is 23.8. The molecule has 4 rings (SSSR count). The molecule has 0 saturated heterocycles. The van der Waals surface area contributed by atoms with Crippen LogP contribution in [0.4, 0.5) is 0 Å².